The van der Waals surface area contributed by atoms with Crippen molar-refractivity contribution < 1.29 is 9.59 Å². The van der Waals surface area contributed by atoms with Crippen molar-refractivity contribution in [1.29, 1.82) is 0 Å². The van der Waals surface area contributed by atoms with E-state index in [-0.39, 0.29) is 17.7 Å². The summed E-state index contributed by atoms with van der Waals surface area (Å²) in [6.07, 6.45) is 1.78. The minimum atomic E-state index is -0.245. The molecule has 0 aliphatic carbocycles. The van der Waals surface area contributed by atoms with Crippen LogP contribution >= 0.6 is 11.6 Å². The van der Waals surface area contributed by atoms with Gasteiger partial charge in [0.15, 0.2) is 0 Å². The van der Waals surface area contributed by atoms with Gasteiger partial charge in [-0.15, -0.1) is 0 Å². The Morgan fingerprint density at radius 1 is 1.15 bits per heavy atom. The van der Waals surface area contributed by atoms with E-state index in [4.69, 9.17) is 17.3 Å². The minimum absolute atomic E-state index is 0.109. The molecule has 5 nitrogen and oxygen atoms in total. The van der Waals surface area contributed by atoms with Crippen LogP contribution in [-0.4, -0.2) is 24.9 Å². The molecular weight excluding hydrogens is 350 g/mol. The molecule has 3 rings (SSSR count). The lowest BCUT2D eigenvalue weighted by molar-refractivity contribution is -0.122. The van der Waals surface area contributed by atoms with Gasteiger partial charge in [-0.1, -0.05) is 29.8 Å². The number of amides is 2. The van der Waals surface area contributed by atoms with E-state index in [0.29, 0.717) is 23.7 Å². The van der Waals surface area contributed by atoms with E-state index < -0.39 is 0 Å². The number of carbonyl (C=O) groups is 2. The molecular formula is C20H22ClN3O2. The topological polar surface area (TPSA) is 75.4 Å². The van der Waals surface area contributed by atoms with Crippen LogP contribution in [0.4, 0.5) is 5.69 Å². The van der Waals surface area contributed by atoms with E-state index in [1.54, 1.807) is 18.2 Å². The van der Waals surface area contributed by atoms with Crippen LogP contribution in [0.2, 0.25) is 5.02 Å². The fraction of sp³-hybridized carbons (Fsp3) is 0.300. The Hall–Kier alpha value is -2.53. The molecule has 3 N–H and O–H groups in total. The average Bonchev–Trinajstić information content (AvgIpc) is 2.67. The highest BCUT2D eigenvalue weighted by Gasteiger charge is 2.24. The molecule has 2 aromatic carbocycles. The van der Waals surface area contributed by atoms with Crippen molar-refractivity contribution in [3.63, 3.8) is 0 Å². The second-order valence-electron chi connectivity index (χ2n) is 6.51. The maximum atomic E-state index is 12.3. The van der Waals surface area contributed by atoms with Crippen LogP contribution in [0.15, 0.2) is 48.5 Å². The zero-order valence-corrected chi connectivity index (χ0v) is 15.2. The van der Waals surface area contributed by atoms with Crippen LogP contribution in [0.3, 0.4) is 0 Å². The summed E-state index contributed by atoms with van der Waals surface area (Å²) < 4.78 is 0. The van der Waals surface area contributed by atoms with Crippen LogP contribution in [-0.2, 0) is 11.3 Å². The SMILES string of the molecule is NC(=O)[C@H]1CCCN(c2ccc(C(=O)NCc3ccccc3Cl)cc2)C1. The molecule has 0 unspecified atom stereocenters. The molecule has 0 aromatic heterocycles. The number of hydrogen-bond acceptors (Lipinski definition) is 3. The Kier molecular flexibility index (Phi) is 5.78. The van der Waals surface area contributed by atoms with E-state index in [2.05, 4.69) is 10.2 Å². The van der Waals surface area contributed by atoms with Gasteiger partial charge in [0.1, 0.15) is 0 Å². The number of piperidine rings is 1. The lowest BCUT2D eigenvalue weighted by Gasteiger charge is -2.33. The Bertz CT molecular complexity index is 792. The van der Waals surface area contributed by atoms with E-state index in [0.717, 1.165) is 30.6 Å². The summed E-state index contributed by atoms with van der Waals surface area (Å²) in [7, 11) is 0. The number of carbonyl (C=O) groups excluding carboxylic acids is 2. The van der Waals surface area contributed by atoms with Gasteiger partial charge in [-0.05, 0) is 48.7 Å². The predicted molar refractivity (Wildman–Crippen MR) is 103 cm³/mol. The number of benzene rings is 2. The van der Waals surface area contributed by atoms with Crippen molar-refractivity contribution in [2.75, 3.05) is 18.0 Å². The standard InChI is InChI=1S/C20H22ClN3O2/c21-18-6-2-1-4-15(18)12-23-20(26)14-7-9-17(10-8-14)24-11-3-5-16(13-24)19(22)25/h1-2,4,6-10,16H,3,5,11-13H2,(H2,22,25)(H,23,26)/t16-/m0/s1. The third-order valence-electron chi connectivity index (χ3n) is 4.72. The van der Waals surface area contributed by atoms with Crippen LogP contribution in [0.1, 0.15) is 28.8 Å². The summed E-state index contributed by atoms with van der Waals surface area (Å²) in [6.45, 7) is 1.90. The predicted octanol–water partition coefficient (Wildman–Crippen LogP) is 2.97. The number of nitrogens with one attached hydrogen (secondary N) is 1. The van der Waals surface area contributed by atoms with Gasteiger partial charge >= 0.3 is 0 Å². The zero-order valence-electron chi connectivity index (χ0n) is 14.5. The van der Waals surface area contributed by atoms with E-state index >= 15 is 0 Å². The number of hydrogen-bond donors (Lipinski definition) is 2. The van der Waals surface area contributed by atoms with Crippen molar-refractivity contribution in [2.45, 2.75) is 19.4 Å². The van der Waals surface area contributed by atoms with Gasteiger partial charge in [-0.25, -0.2) is 0 Å². The summed E-state index contributed by atoms with van der Waals surface area (Å²) in [6, 6.07) is 14.8. The fourth-order valence-electron chi connectivity index (χ4n) is 3.19. The molecule has 0 spiro atoms. The molecule has 0 bridgehead atoms. The van der Waals surface area contributed by atoms with Crippen molar-refractivity contribution >= 4 is 29.1 Å². The molecule has 2 amide bonds. The number of nitrogens with zero attached hydrogens (tertiary/aromatic N) is 1. The second-order valence-corrected chi connectivity index (χ2v) is 6.92. The zero-order chi connectivity index (χ0) is 18.5. The Morgan fingerprint density at radius 2 is 1.88 bits per heavy atom. The summed E-state index contributed by atoms with van der Waals surface area (Å²) >= 11 is 6.10. The average molecular weight is 372 g/mol. The van der Waals surface area contributed by atoms with Gasteiger partial charge in [0.05, 0.1) is 5.92 Å². The van der Waals surface area contributed by atoms with Gasteiger partial charge in [0.25, 0.3) is 5.91 Å². The quantitative estimate of drug-likeness (QED) is 0.848. The first kappa shape index (κ1) is 18.3. The van der Waals surface area contributed by atoms with E-state index in [1.165, 1.54) is 0 Å². The van der Waals surface area contributed by atoms with Gasteiger partial charge in [-0.3, -0.25) is 9.59 Å². The van der Waals surface area contributed by atoms with Crippen LogP contribution < -0.4 is 16.0 Å². The molecule has 1 atom stereocenters. The maximum Gasteiger partial charge on any atom is 0.251 e. The Morgan fingerprint density at radius 3 is 2.58 bits per heavy atom. The summed E-state index contributed by atoms with van der Waals surface area (Å²) in [5.41, 5.74) is 7.90. The van der Waals surface area contributed by atoms with Gasteiger partial charge in [-0.2, -0.15) is 0 Å². The first-order valence-electron chi connectivity index (χ1n) is 8.70. The smallest absolute Gasteiger partial charge is 0.251 e. The Balaban J connectivity index is 1.61. The van der Waals surface area contributed by atoms with Crippen LogP contribution in [0.25, 0.3) is 0 Å². The van der Waals surface area contributed by atoms with E-state index in [1.807, 2.05) is 30.3 Å². The van der Waals surface area contributed by atoms with Gasteiger partial charge < -0.3 is 16.0 Å². The Labute approximate surface area is 158 Å². The number of halogens is 1. The van der Waals surface area contributed by atoms with Gasteiger partial charge in [0.2, 0.25) is 5.91 Å². The summed E-state index contributed by atoms with van der Waals surface area (Å²) in [5.74, 6) is -0.502. The molecule has 1 aliphatic heterocycles. The molecule has 0 saturated carbocycles. The van der Waals surface area contributed by atoms with Crippen molar-refractivity contribution in [3.8, 4) is 0 Å². The van der Waals surface area contributed by atoms with Crippen LogP contribution in [0, 0.1) is 5.92 Å². The number of anilines is 1. The highest BCUT2D eigenvalue weighted by atomic mass is 35.5. The normalized spacial score (nSPS) is 17.0. The van der Waals surface area contributed by atoms with Crippen molar-refractivity contribution in [1.82, 2.24) is 5.32 Å². The number of nitrogens with two attached hydrogens (primary N) is 1. The third-order valence-corrected chi connectivity index (χ3v) is 5.08. The largest absolute Gasteiger partial charge is 0.371 e. The molecule has 1 fully saturated rings. The van der Waals surface area contributed by atoms with Crippen molar-refractivity contribution in [3.05, 3.63) is 64.7 Å². The molecule has 0 radical (unpaired) electrons. The van der Waals surface area contributed by atoms with Gasteiger partial charge in [0, 0.05) is 35.9 Å². The fourth-order valence-corrected chi connectivity index (χ4v) is 3.39. The lowest BCUT2D eigenvalue weighted by Crippen LogP contribution is -2.41. The molecule has 2 aromatic rings. The highest BCUT2D eigenvalue weighted by molar-refractivity contribution is 6.31. The number of rotatable bonds is 5. The molecule has 136 valence electrons. The molecule has 6 heteroatoms. The highest BCUT2D eigenvalue weighted by Crippen LogP contribution is 2.23. The van der Waals surface area contributed by atoms with Crippen molar-refractivity contribution in [2.24, 2.45) is 11.7 Å². The second kappa shape index (κ2) is 8.23. The first-order valence-corrected chi connectivity index (χ1v) is 9.08. The summed E-state index contributed by atoms with van der Waals surface area (Å²) in [5, 5.41) is 3.52. The molecule has 1 heterocycles. The summed E-state index contributed by atoms with van der Waals surface area (Å²) in [4.78, 5) is 25.9. The monoisotopic (exact) mass is 371 g/mol. The molecule has 1 aliphatic rings. The number of primary amides is 1. The van der Waals surface area contributed by atoms with E-state index in [9.17, 15) is 9.59 Å². The third kappa shape index (κ3) is 4.35. The lowest BCUT2D eigenvalue weighted by atomic mass is 9.97. The van der Waals surface area contributed by atoms with Crippen LogP contribution in [0.5, 0.6) is 0 Å². The maximum absolute atomic E-state index is 12.3. The first-order chi connectivity index (χ1) is 12.5. The molecule has 1 saturated heterocycles. The minimum Gasteiger partial charge on any atom is -0.371 e. The molecule has 26 heavy (non-hydrogen) atoms.